The number of aliphatic carboxylic acids is 1. The van der Waals surface area contributed by atoms with Gasteiger partial charge in [0.1, 0.15) is 5.82 Å². The van der Waals surface area contributed by atoms with Crippen molar-refractivity contribution in [2.75, 3.05) is 33.3 Å². The maximum absolute atomic E-state index is 13.5. The lowest BCUT2D eigenvalue weighted by atomic mass is 10.1. The fraction of sp³-hybridized carbons (Fsp3) is 0.529. The minimum atomic E-state index is -0.880. The second kappa shape index (κ2) is 8.75. The SMILES string of the molecule is CN(CC(=O)O)C1CCCN(C(=O)COc2ccc(F)cc2F)CC1. The highest BCUT2D eigenvalue weighted by Gasteiger charge is 2.24. The third kappa shape index (κ3) is 5.67. The van der Waals surface area contributed by atoms with Crippen molar-refractivity contribution in [3.05, 3.63) is 29.8 Å². The van der Waals surface area contributed by atoms with Crippen molar-refractivity contribution in [1.29, 1.82) is 0 Å². The van der Waals surface area contributed by atoms with E-state index < -0.39 is 17.6 Å². The van der Waals surface area contributed by atoms with Crippen LogP contribution in [0, 0.1) is 11.6 Å². The first-order chi connectivity index (χ1) is 11.9. The molecule has 0 bridgehead atoms. The summed E-state index contributed by atoms with van der Waals surface area (Å²) in [4.78, 5) is 26.5. The molecule has 0 radical (unpaired) electrons. The molecule has 1 unspecified atom stereocenters. The summed E-state index contributed by atoms with van der Waals surface area (Å²) in [5, 5.41) is 8.87. The number of benzene rings is 1. The number of carbonyl (C=O) groups excluding carboxylic acids is 1. The molecule has 1 saturated heterocycles. The van der Waals surface area contributed by atoms with Gasteiger partial charge in [-0.2, -0.15) is 0 Å². The summed E-state index contributed by atoms with van der Waals surface area (Å²) >= 11 is 0. The van der Waals surface area contributed by atoms with Crippen LogP contribution in [0.4, 0.5) is 8.78 Å². The number of nitrogens with zero attached hydrogens (tertiary/aromatic N) is 2. The van der Waals surface area contributed by atoms with Crippen LogP contribution in [0.15, 0.2) is 18.2 Å². The number of ether oxygens (including phenoxy) is 1. The highest BCUT2D eigenvalue weighted by molar-refractivity contribution is 5.77. The van der Waals surface area contributed by atoms with Gasteiger partial charge in [-0.05, 0) is 38.4 Å². The lowest BCUT2D eigenvalue weighted by Gasteiger charge is -2.25. The Hall–Kier alpha value is -2.22. The van der Waals surface area contributed by atoms with E-state index in [0.29, 0.717) is 25.6 Å². The molecule has 1 aromatic rings. The third-order valence-electron chi connectivity index (χ3n) is 4.30. The number of rotatable bonds is 6. The van der Waals surface area contributed by atoms with Gasteiger partial charge in [0, 0.05) is 25.2 Å². The van der Waals surface area contributed by atoms with E-state index in [-0.39, 0.29) is 30.9 Å². The lowest BCUT2D eigenvalue weighted by molar-refractivity contribution is -0.138. The standard InChI is InChI=1S/C17H22F2N2O4/c1-20(10-17(23)24)13-3-2-7-21(8-6-13)16(22)11-25-15-5-4-12(18)9-14(15)19/h4-5,9,13H,2-3,6-8,10-11H2,1H3,(H,23,24). The maximum Gasteiger partial charge on any atom is 0.317 e. The van der Waals surface area contributed by atoms with Crippen LogP contribution in [0.5, 0.6) is 5.75 Å². The van der Waals surface area contributed by atoms with Gasteiger partial charge < -0.3 is 14.7 Å². The number of amides is 1. The van der Waals surface area contributed by atoms with Gasteiger partial charge in [0.25, 0.3) is 5.91 Å². The van der Waals surface area contributed by atoms with Crippen molar-refractivity contribution in [1.82, 2.24) is 9.80 Å². The first-order valence-corrected chi connectivity index (χ1v) is 8.14. The number of carbonyl (C=O) groups is 2. The Labute approximate surface area is 145 Å². The van der Waals surface area contributed by atoms with Gasteiger partial charge in [0.2, 0.25) is 0 Å². The van der Waals surface area contributed by atoms with Crippen molar-refractivity contribution in [3.63, 3.8) is 0 Å². The third-order valence-corrected chi connectivity index (χ3v) is 4.30. The Bertz CT molecular complexity index is 627. The minimum absolute atomic E-state index is 0.0361. The second-order valence-electron chi connectivity index (χ2n) is 6.14. The van der Waals surface area contributed by atoms with E-state index in [9.17, 15) is 18.4 Å². The van der Waals surface area contributed by atoms with Crippen LogP contribution in [0.3, 0.4) is 0 Å². The minimum Gasteiger partial charge on any atom is -0.481 e. The number of carboxylic acids is 1. The van der Waals surface area contributed by atoms with Gasteiger partial charge >= 0.3 is 5.97 Å². The van der Waals surface area contributed by atoms with E-state index in [1.54, 1.807) is 16.8 Å². The molecule has 1 amide bonds. The predicted molar refractivity (Wildman–Crippen MR) is 86.3 cm³/mol. The summed E-state index contributed by atoms with van der Waals surface area (Å²) in [6.07, 6.45) is 2.23. The Balaban J connectivity index is 1.85. The molecule has 1 N–H and O–H groups in total. The Morgan fingerprint density at radius 3 is 2.76 bits per heavy atom. The van der Waals surface area contributed by atoms with Crippen LogP contribution in [-0.2, 0) is 9.59 Å². The quantitative estimate of drug-likeness (QED) is 0.841. The largest absolute Gasteiger partial charge is 0.481 e. The Morgan fingerprint density at radius 1 is 1.32 bits per heavy atom. The van der Waals surface area contributed by atoms with Gasteiger partial charge in [-0.15, -0.1) is 0 Å². The number of halogens is 2. The highest BCUT2D eigenvalue weighted by atomic mass is 19.1. The molecule has 1 aliphatic heterocycles. The average Bonchev–Trinajstić information content (AvgIpc) is 2.79. The first-order valence-electron chi connectivity index (χ1n) is 8.14. The second-order valence-corrected chi connectivity index (χ2v) is 6.14. The fourth-order valence-electron chi connectivity index (χ4n) is 2.93. The molecule has 0 saturated carbocycles. The highest BCUT2D eigenvalue weighted by Crippen LogP contribution is 2.19. The van der Waals surface area contributed by atoms with Crippen LogP contribution in [0.1, 0.15) is 19.3 Å². The summed E-state index contributed by atoms with van der Waals surface area (Å²) in [5.74, 6) is -2.87. The van der Waals surface area contributed by atoms with Crippen molar-refractivity contribution in [2.45, 2.75) is 25.3 Å². The molecule has 2 rings (SSSR count). The van der Waals surface area contributed by atoms with Crippen LogP contribution >= 0.6 is 0 Å². The molecule has 8 heteroatoms. The van der Waals surface area contributed by atoms with Gasteiger partial charge in [-0.25, -0.2) is 8.78 Å². The van der Waals surface area contributed by atoms with Crippen LogP contribution in [-0.4, -0.2) is 66.1 Å². The number of likely N-dealkylation sites (N-methyl/N-ethyl adjacent to an activating group) is 1. The molecule has 1 heterocycles. The van der Waals surface area contributed by atoms with Crippen molar-refractivity contribution in [3.8, 4) is 5.75 Å². The lowest BCUT2D eigenvalue weighted by Crippen LogP contribution is -2.38. The van der Waals surface area contributed by atoms with Gasteiger partial charge in [0.05, 0.1) is 6.54 Å². The monoisotopic (exact) mass is 356 g/mol. The smallest absolute Gasteiger partial charge is 0.317 e. The van der Waals surface area contributed by atoms with Crippen LogP contribution < -0.4 is 4.74 Å². The Kier molecular flexibility index (Phi) is 6.69. The molecule has 25 heavy (non-hydrogen) atoms. The molecule has 1 fully saturated rings. The van der Waals surface area contributed by atoms with Gasteiger partial charge in [0.15, 0.2) is 18.2 Å². The maximum atomic E-state index is 13.5. The van der Waals surface area contributed by atoms with Crippen molar-refractivity contribution >= 4 is 11.9 Å². The zero-order valence-corrected chi connectivity index (χ0v) is 14.1. The summed E-state index contributed by atoms with van der Waals surface area (Å²) < 4.78 is 31.5. The number of hydrogen-bond donors (Lipinski definition) is 1. The van der Waals surface area contributed by atoms with Crippen LogP contribution in [0.2, 0.25) is 0 Å². The van der Waals surface area contributed by atoms with Gasteiger partial charge in [-0.1, -0.05) is 0 Å². The van der Waals surface area contributed by atoms with E-state index in [1.165, 1.54) is 0 Å². The topological polar surface area (TPSA) is 70.1 Å². The molecular weight excluding hydrogens is 334 g/mol. The zero-order valence-electron chi connectivity index (χ0n) is 14.1. The molecule has 0 spiro atoms. The van der Waals surface area contributed by atoms with Crippen LogP contribution in [0.25, 0.3) is 0 Å². The number of carboxylic acid groups (broad SMARTS) is 1. The molecule has 1 aromatic carbocycles. The predicted octanol–water partition coefficient (Wildman–Crippen LogP) is 1.74. The number of likely N-dealkylation sites (tertiary alicyclic amines) is 1. The number of hydrogen-bond acceptors (Lipinski definition) is 4. The van der Waals surface area contributed by atoms with E-state index in [0.717, 1.165) is 25.0 Å². The van der Waals surface area contributed by atoms with E-state index in [4.69, 9.17) is 9.84 Å². The zero-order chi connectivity index (χ0) is 18.4. The van der Waals surface area contributed by atoms with Gasteiger partial charge in [-0.3, -0.25) is 14.5 Å². The van der Waals surface area contributed by atoms with E-state index in [2.05, 4.69) is 0 Å². The molecule has 1 atom stereocenters. The Morgan fingerprint density at radius 2 is 2.08 bits per heavy atom. The summed E-state index contributed by atoms with van der Waals surface area (Å²) in [6, 6.07) is 3.02. The van der Waals surface area contributed by atoms with E-state index >= 15 is 0 Å². The molecule has 1 aliphatic rings. The molecule has 6 nitrogen and oxygen atoms in total. The molecule has 0 aromatic heterocycles. The molecular formula is C17H22F2N2O4. The summed E-state index contributed by atoms with van der Waals surface area (Å²) in [7, 11) is 1.76. The first kappa shape index (κ1) is 19.1. The molecule has 0 aliphatic carbocycles. The normalized spacial score (nSPS) is 18.1. The fourth-order valence-corrected chi connectivity index (χ4v) is 2.93. The summed E-state index contributed by atoms with van der Waals surface area (Å²) in [5.41, 5.74) is 0. The van der Waals surface area contributed by atoms with E-state index in [1.807, 2.05) is 0 Å². The van der Waals surface area contributed by atoms with Crippen molar-refractivity contribution in [2.24, 2.45) is 0 Å². The summed E-state index contributed by atoms with van der Waals surface area (Å²) in [6.45, 7) is 0.679. The van der Waals surface area contributed by atoms with Crippen molar-refractivity contribution < 1.29 is 28.2 Å². The molecule has 138 valence electrons. The average molecular weight is 356 g/mol.